The van der Waals surface area contributed by atoms with Crippen LogP contribution in [0.15, 0.2) is 12.5 Å². The van der Waals surface area contributed by atoms with Gasteiger partial charge in [-0.25, -0.2) is 9.78 Å². The van der Waals surface area contributed by atoms with Gasteiger partial charge in [0.2, 0.25) is 5.91 Å². The van der Waals surface area contributed by atoms with Crippen LogP contribution in [0.5, 0.6) is 0 Å². The molecule has 1 aliphatic rings. The maximum atomic E-state index is 11.8. The van der Waals surface area contributed by atoms with E-state index in [0.717, 1.165) is 5.88 Å². The van der Waals surface area contributed by atoms with Crippen LogP contribution in [-0.4, -0.2) is 50.7 Å². The van der Waals surface area contributed by atoms with E-state index in [0.29, 0.717) is 11.4 Å². The summed E-state index contributed by atoms with van der Waals surface area (Å²) in [5, 5.41) is 14.6. The number of nitrogens with zero attached hydrogens (tertiary/aromatic N) is 1. The molecule has 1 fully saturated rings. The molecule has 1 saturated heterocycles. The number of carbonyl (C=O) groups is 2. The van der Waals surface area contributed by atoms with Crippen molar-refractivity contribution < 1.29 is 14.7 Å². The van der Waals surface area contributed by atoms with Gasteiger partial charge in [0.15, 0.2) is 0 Å². The Morgan fingerprint density at radius 1 is 1.67 bits per heavy atom. The lowest BCUT2D eigenvalue weighted by atomic mass is 10.1. The highest BCUT2D eigenvalue weighted by Gasteiger charge is 2.27. The molecule has 2 heterocycles. The third-order valence-corrected chi connectivity index (χ3v) is 3.57. The number of hydrogen-bond acceptors (Lipinski definition) is 5. The van der Waals surface area contributed by atoms with E-state index in [-0.39, 0.29) is 18.4 Å². The average Bonchev–Trinajstić information content (AvgIpc) is 3.00. The van der Waals surface area contributed by atoms with Crippen molar-refractivity contribution in [1.82, 2.24) is 20.6 Å². The Hall–Kier alpha value is -1.54. The van der Waals surface area contributed by atoms with Crippen molar-refractivity contribution in [2.75, 3.05) is 11.6 Å². The molecule has 7 nitrogen and oxygen atoms in total. The number of H-pyrrole nitrogens is 1. The van der Waals surface area contributed by atoms with E-state index in [1.54, 1.807) is 18.0 Å². The highest BCUT2D eigenvalue weighted by atomic mass is 32.2. The van der Waals surface area contributed by atoms with E-state index in [1.807, 2.05) is 0 Å². The van der Waals surface area contributed by atoms with Crippen molar-refractivity contribution in [2.45, 2.75) is 18.5 Å². The molecule has 0 spiro atoms. The van der Waals surface area contributed by atoms with Crippen LogP contribution in [0.2, 0.25) is 0 Å². The summed E-state index contributed by atoms with van der Waals surface area (Å²) >= 11 is 1.62. The second kappa shape index (κ2) is 5.87. The molecule has 1 aromatic rings. The van der Waals surface area contributed by atoms with Gasteiger partial charge in [0.1, 0.15) is 6.04 Å². The fourth-order valence-corrected chi connectivity index (χ4v) is 2.59. The highest BCUT2D eigenvalue weighted by molar-refractivity contribution is 7.99. The van der Waals surface area contributed by atoms with Crippen LogP contribution >= 0.6 is 11.8 Å². The summed E-state index contributed by atoms with van der Waals surface area (Å²) in [7, 11) is 0. The van der Waals surface area contributed by atoms with Crippen molar-refractivity contribution in [3.8, 4) is 0 Å². The number of carboxylic acids is 1. The largest absolute Gasteiger partial charge is 0.480 e. The Labute approximate surface area is 108 Å². The van der Waals surface area contributed by atoms with Gasteiger partial charge in [-0.05, 0) is 0 Å². The molecular weight excluding hydrogens is 256 g/mol. The molecule has 0 saturated carbocycles. The predicted octanol–water partition coefficient (Wildman–Crippen LogP) is -0.816. The summed E-state index contributed by atoms with van der Waals surface area (Å²) in [5.41, 5.74) is 0.677. The molecule has 1 aliphatic heterocycles. The van der Waals surface area contributed by atoms with Gasteiger partial charge >= 0.3 is 5.97 Å². The van der Waals surface area contributed by atoms with E-state index in [4.69, 9.17) is 5.11 Å². The Morgan fingerprint density at radius 3 is 3.06 bits per heavy atom. The molecule has 8 heteroatoms. The standard InChI is InChI=1S/C10H14N4O3S/c15-9(8-3-18-5-13-8)14-7(10(16)17)1-6-2-11-4-12-6/h2,4,7-8,13H,1,3,5H2,(H,11,12)(H,14,15)(H,16,17)/t7-,8?/m1/s1. The average molecular weight is 270 g/mol. The van der Waals surface area contributed by atoms with Crippen LogP contribution < -0.4 is 10.6 Å². The fraction of sp³-hybridized carbons (Fsp3) is 0.500. The quantitative estimate of drug-likeness (QED) is 0.557. The number of amides is 1. The van der Waals surface area contributed by atoms with Gasteiger partial charge in [-0.1, -0.05) is 0 Å². The molecule has 2 atom stereocenters. The van der Waals surface area contributed by atoms with Crippen LogP contribution in [0.25, 0.3) is 0 Å². The lowest BCUT2D eigenvalue weighted by Gasteiger charge is -2.16. The molecule has 4 N–H and O–H groups in total. The number of hydrogen-bond donors (Lipinski definition) is 4. The van der Waals surface area contributed by atoms with Crippen LogP contribution in [0.4, 0.5) is 0 Å². The van der Waals surface area contributed by atoms with Gasteiger partial charge in [-0.3, -0.25) is 10.1 Å². The first-order valence-corrected chi connectivity index (χ1v) is 6.64. The first-order valence-electron chi connectivity index (χ1n) is 5.48. The molecule has 18 heavy (non-hydrogen) atoms. The molecule has 1 amide bonds. The zero-order chi connectivity index (χ0) is 13.0. The van der Waals surface area contributed by atoms with E-state index < -0.39 is 12.0 Å². The summed E-state index contributed by atoms with van der Waals surface area (Å²) in [6, 6.07) is -1.25. The Morgan fingerprint density at radius 2 is 2.50 bits per heavy atom. The summed E-state index contributed by atoms with van der Waals surface area (Å²) in [6.07, 6.45) is 3.22. The summed E-state index contributed by atoms with van der Waals surface area (Å²) in [4.78, 5) is 29.5. The molecule has 0 bridgehead atoms. The molecular formula is C10H14N4O3S. The number of imidazole rings is 1. The SMILES string of the molecule is O=C(N[C@H](Cc1cnc[nH]1)C(=O)O)C1CSCN1. The van der Waals surface area contributed by atoms with Gasteiger partial charge in [0.05, 0.1) is 12.4 Å². The number of aliphatic carboxylic acids is 1. The number of carboxylic acid groups (broad SMARTS) is 1. The van der Waals surface area contributed by atoms with Crippen molar-refractivity contribution in [3.05, 3.63) is 18.2 Å². The highest BCUT2D eigenvalue weighted by Crippen LogP contribution is 2.10. The number of rotatable bonds is 5. The minimum atomic E-state index is -1.05. The normalized spacial score (nSPS) is 20.6. The Kier molecular flexibility index (Phi) is 4.21. The second-order valence-electron chi connectivity index (χ2n) is 3.95. The number of thioether (sulfide) groups is 1. The Balaban J connectivity index is 1.93. The van der Waals surface area contributed by atoms with Crippen molar-refractivity contribution in [3.63, 3.8) is 0 Å². The number of carbonyl (C=O) groups excluding carboxylic acids is 1. The minimum Gasteiger partial charge on any atom is -0.480 e. The third-order valence-electron chi connectivity index (χ3n) is 2.63. The van der Waals surface area contributed by atoms with E-state index in [2.05, 4.69) is 20.6 Å². The van der Waals surface area contributed by atoms with Gasteiger partial charge in [-0.2, -0.15) is 0 Å². The molecule has 1 unspecified atom stereocenters. The first-order chi connectivity index (χ1) is 8.66. The van der Waals surface area contributed by atoms with E-state index in [9.17, 15) is 9.59 Å². The summed E-state index contributed by atoms with van der Waals surface area (Å²) in [6.45, 7) is 0. The van der Waals surface area contributed by atoms with Crippen molar-refractivity contribution in [1.29, 1.82) is 0 Å². The predicted molar refractivity (Wildman–Crippen MR) is 66.1 cm³/mol. The smallest absolute Gasteiger partial charge is 0.326 e. The molecule has 0 radical (unpaired) electrons. The Bertz CT molecular complexity index is 417. The van der Waals surface area contributed by atoms with E-state index in [1.165, 1.54) is 6.33 Å². The van der Waals surface area contributed by atoms with Gasteiger partial charge in [-0.15, -0.1) is 11.8 Å². The number of nitrogens with one attached hydrogen (secondary N) is 3. The monoisotopic (exact) mass is 270 g/mol. The molecule has 98 valence electrons. The molecule has 0 aliphatic carbocycles. The fourth-order valence-electron chi connectivity index (χ4n) is 1.65. The van der Waals surface area contributed by atoms with Gasteiger partial charge < -0.3 is 15.4 Å². The van der Waals surface area contributed by atoms with E-state index >= 15 is 0 Å². The number of aromatic nitrogens is 2. The lowest BCUT2D eigenvalue weighted by Crippen LogP contribution is -2.50. The maximum absolute atomic E-state index is 11.8. The van der Waals surface area contributed by atoms with Gasteiger partial charge in [0.25, 0.3) is 0 Å². The van der Waals surface area contributed by atoms with Gasteiger partial charge in [0, 0.05) is 29.9 Å². The molecule has 1 aromatic heterocycles. The molecule has 0 aromatic carbocycles. The van der Waals surface area contributed by atoms with Crippen LogP contribution in [0.3, 0.4) is 0 Å². The lowest BCUT2D eigenvalue weighted by molar-refractivity contribution is -0.142. The summed E-state index contributed by atoms with van der Waals surface area (Å²) in [5.74, 6) is 0.0639. The van der Waals surface area contributed by atoms with Crippen molar-refractivity contribution >= 4 is 23.6 Å². The second-order valence-corrected chi connectivity index (χ2v) is 4.98. The van der Waals surface area contributed by atoms with Crippen molar-refractivity contribution in [2.24, 2.45) is 0 Å². The zero-order valence-corrected chi connectivity index (χ0v) is 10.4. The third kappa shape index (κ3) is 3.23. The number of aromatic amines is 1. The summed E-state index contributed by atoms with van der Waals surface area (Å²) < 4.78 is 0. The van der Waals surface area contributed by atoms with Crippen LogP contribution in [0.1, 0.15) is 5.69 Å². The first kappa shape index (κ1) is 12.9. The van der Waals surface area contributed by atoms with Crippen LogP contribution in [0, 0.1) is 0 Å². The topological polar surface area (TPSA) is 107 Å². The zero-order valence-electron chi connectivity index (χ0n) is 9.55. The molecule has 2 rings (SSSR count). The van der Waals surface area contributed by atoms with Crippen LogP contribution in [-0.2, 0) is 16.0 Å². The maximum Gasteiger partial charge on any atom is 0.326 e. The minimum absolute atomic E-state index is 0.195.